The summed E-state index contributed by atoms with van der Waals surface area (Å²) in [4.78, 5) is 2.03. The number of hydrogen-bond acceptors (Lipinski definition) is 3. The van der Waals surface area contributed by atoms with E-state index in [9.17, 15) is 4.39 Å². The van der Waals surface area contributed by atoms with Gasteiger partial charge in [-0.2, -0.15) is 0 Å². The number of aliphatic hydroxyl groups is 1. The summed E-state index contributed by atoms with van der Waals surface area (Å²) in [6.45, 7) is 2.36. The molecule has 3 nitrogen and oxygen atoms in total. The highest BCUT2D eigenvalue weighted by Crippen LogP contribution is 2.21. The second-order valence-corrected chi connectivity index (χ2v) is 4.94. The molecule has 0 radical (unpaired) electrons. The summed E-state index contributed by atoms with van der Waals surface area (Å²) < 4.78 is 18.8. The Hall–Kier alpha value is -1.13. The molecule has 2 rings (SSSR count). The zero-order valence-electron chi connectivity index (χ0n) is 10.7. The number of nitrogens with zero attached hydrogens (tertiary/aromatic N) is 1. The summed E-state index contributed by atoms with van der Waals surface area (Å²) in [6.07, 6.45) is 2.26. The van der Waals surface area contributed by atoms with Crippen molar-refractivity contribution in [3.8, 4) is 0 Å². The molecule has 1 unspecified atom stereocenters. The second kappa shape index (κ2) is 6.16. The third-order valence-electron chi connectivity index (χ3n) is 3.35. The van der Waals surface area contributed by atoms with E-state index in [2.05, 4.69) is 0 Å². The van der Waals surface area contributed by atoms with Crippen LogP contribution in [0, 0.1) is 11.7 Å². The van der Waals surface area contributed by atoms with Gasteiger partial charge in [0.15, 0.2) is 0 Å². The van der Waals surface area contributed by atoms with Gasteiger partial charge in [-0.05, 0) is 42.5 Å². The third-order valence-corrected chi connectivity index (χ3v) is 3.35. The summed E-state index contributed by atoms with van der Waals surface area (Å²) in [7, 11) is 1.95. The molecule has 0 aliphatic carbocycles. The maximum atomic E-state index is 13.4. The molecule has 0 saturated carbocycles. The zero-order chi connectivity index (χ0) is 13.0. The second-order valence-electron chi connectivity index (χ2n) is 4.94. The molecular formula is C14H20FNO2. The first-order chi connectivity index (χ1) is 8.69. The van der Waals surface area contributed by atoms with E-state index >= 15 is 0 Å². The van der Waals surface area contributed by atoms with Crippen molar-refractivity contribution in [1.29, 1.82) is 0 Å². The Bertz CT molecular complexity index is 391. The molecule has 1 aromatic carbocycles. The maximum absolute atomic E-state index is 13.4. The van der Waals surface area contributed by atoms with Crippen molar-refractivity contribution in [2.75, 3.05) is 31.7 Å². The highest BCUT2D eigenvalue weighted by atomic mass is 19.1. The van der Waals surface area contributed by atoms with E-state index < -0.39 is 0 Å². The monoisotopic (exact) mass is 253 g/mol. The Kier molecular flexibility index (Phi) is 4.55. The number of halogens is 1. The van der Waals surface area contributed by atoms with E-state index in [0.29, 0.717) is 11.5 Å². The summed E-state index contributed by atoms with van der Waals surface area (Å²) in [6, 6.07) is 4.69. The molecule has 0 amide bonds. The van der Waals surface area contributed by atoms with Crippen molar-refractivity contribution in [3.63, 3.8) is 0 Å². The Morgan fingerprint density at radius 2 is 2.28 bits per heavy atom. The van der Waals surface area contributed by atoms with E-state index in [1.54, 1.807) is 0 Å². The van der Waals surface area contributed by atoms with Gasteiger partial charge in [0.25, 0.3) is 0 Å². The molecule has 1 saturated heterocycles. The lowest BCUT2D eigenvalue weighted by Crippen LogP contribution is -2.30. The quantitative estimate of drug-likeness (QED) is 0.892. The highest BCUT2D eigenvalue weighted by Gasteiger charge is 2.16. The average molecular weight is 253 g/mol. The van der Waals surface area contributed by atoms with Crippen LogP contribution in [-0.4, -0.2) is 31.9 Å². The van der Waals surface area contributed by atoms with Crippen molar-refractivity contribution in [3.05, 3.63) is 29.6 Å². The van der Waals surface area contributed by atoms with Crippen LogP contribution >= 0.6 is 0 Å². The normalized spacial score (nSPS) is 19.8. The minimum absolute atomic E-state index is 0.134. The third kappa shape index (κ3) is 3.43. The smallest absolute Gasteiger partial charge is 0.125 e. The summed E-state index contributed by atoms with van der Waals surface area (Å²) in [5.41, 5.74) is 1.42. The number of aliphatic hydroxyl groups excluding tert-OH is 1. The molecule has 1 N–H and O–H groups in total. The molecule has 1 aromatic rings. The lowest BCUT2D eigenvalue weighted by Gasteiger charge is -2.28. The van der Waals surface area contributed by atoms with E-state index in [0.717, 1.165) is 38.3 Å². The first-order valence-electron chi connectivity index (χ1n) is 6.38. The molecule has 1 atom stereocenters. The molecule has 0 aromatic heterocycles. The molecule has 1 aliphatic heterocycles. The summed E-state index contributed by atoms with van der Waals surface area (Å²) in [5, 5.41) is 9.08. The van der Waals surface area contributed by atoms with Gasteiger partial charge >= 0.3 is 0 Å². The van der Waals surface area contributed by atoms with Gasteiger partial charge in [-0.1, -0.05) is 0 Å². The van der Waals surface area contributed by atoms with Crippen LogP contribution in [0.15, 0.2) is 18.2 Å². The minimum Gasteiger partial charge on any atom is -0.392 e. The minimum atomic E-state index is -0.303. The molecular weight excluding hydrogens is 233 g/mol. The number of ether oxygens (including phenoxy) is 1. The van der Waals surface area contributed by atoms with Crippen LogP contribution in [0.5, 0.6) is 0 Å². The van der Waals surface area contributed by atoms with Crippen molar-refractivity contribution >= 4 is 5.69 Å². The van der Waals surface area contributed by atoms with E-state index in [1.165, 1.54) is 12.1 Å². The molecule has 1 heterocycles. The zero-order valence-corrected chi connectivity index (χ0v) is 10.7. The van der Waals surface area contributed by atoms with Crippen LogP contribution < -0.4 is 4.90 Å². The fraction of sp³-hybridized carbons (Fsp3) is 0.571. The molecule has 1 fully saturated rings. The van der Waals surface area contributed by atoms with Gasteiger partial charge in [0.1, 0.15) is 5.82 Å². The van der Waals surface area contributed by atoms with Gasteiger partial charge in [0.05, 0.1) is 13.2 Å². The molecule has 0 bridgehead atoms. The van der Waals surface area contributed by atoms with Crippen LogP contribution in [0.3, 0.4) is 0 Å². The molecule has 1 aliphatic rings. The lowest BCUT2D eigenvalue weighted by molar-refractivity contribution is 0.0576. The van der Waals surface area contributed by atoms with Crippen molar-refractivity contribution in [2.45, 2.75) is 19.4 Å². The number of anilines is 1. The van der Waals surface area contributed by atoms with Crippen LogP contribution in [0.2, 0.25) is 0 Å². The number of hydrogen-bond donors (Lipinski definition) is 1. The predicted octanol–water partition coefficient (Wildman–Crippen LogP) is 2.18. The van der Waals surface area contributed by atoms with E-state index in [1.807, 2.05) is 18.0 Å². The highest BCUT2D eigenvalue weighted by molar-refractivity contribution is 5.48. The molecule has 0 spiro atoms. The SMILES string of the molecule is CN(CC1CCCOC1)c1cc(F)cc(CO)c1. The Balaban J connectivity index is 2.02. The average Bonchev–Trinajstić information content (AvgIpc) is 2.39. The molecule has 4 heteroatoms. The summed E-state index contributed by atoms with van der Waals surface area (Å²) in [5.74, 6) is 0.202. The van der Waals surface area contributed by atoms with E-state index in [-0.39, 0.29) is 12.4 Å². The van der Waals surface area contributed by atoms with Gasteiger partial charge in [-0.3, -0.25) is 0 Å². The largest absolute Gasteiger partial charge is 0.392 e. The van der Waals surface area contributed by atoms with Gasteiger partial charge in [-0.15, -0.1) is 0 Å². The van der Waals surface area contributed by atoms with Crippen LogP contribution in [0.1, 0.15) is 18.4 Å². The predicted molar refractivity (Wildman–Crippen MR) is 69.1 cm³/mol. The fourth-order valence-corrected chi connectivity index (χ4v) is 2.39. The Morgan fingerprint density at radius 1 is 1.44 bits per heavy atom. The Morgan fingerprint density at radius 3 is 2.94 bits per heavy atom. The first kappa shape index (κ1) is 13.3. The van der Waals surface area contributed by atoms with Gasteiger partial charge in [0, 0.05) is 25.9 Å². The number of benzene rings is 1. The van der Waals surface area contributed by atoms with Crippen LogP contribution in [0.25, 0.3) is 0 Å². The number of rotatable bonds is 4. The van der Waals surface area contributed by atoms with Gasteiger partial charge in [0.2, 0.25) is 0 Å². The maximum Gasteiger partial charge on any atom is 0.125 e. The van der Waals surface area contributed by atoms with Gasteiger partial charge < -0.3 is 14.7 Å². The molecule has 18 heavy (non-hydrogen) atoms. The van der Waals surface area contributed by atoms with Crippen LogP contribution in [-0.2, 0) is 11.3 Å². The van der Waals surface area contributed by atoms with Crippen molar-refractivity contribution in [1.82, 2.24) is 0 Å². The summed E-state index contributed by atoms with van der Waals surface area (Å²) >= 11 is 0. The van der Waals surface area contributed by atoms with E-state index in [4.69, 9.17) is 9.84 Å². The fourth-order valence-electron chi connectivity index (χ4n) is 2.39. The lowest BCUT2D eigenvalue weighted by atomic mass is 10.0. The molecule has 100 valence electrons. The Labute approximate surface area is 107 Å². The topological polar surface area (TPSA) is 32.7 Å². The van der Waals surface area contributed by atoms with Gasteiger partial charge in [-0.25, -0.2) is 4.39 Å². The van der Waals surface area contributed by atoms with Crippen molar-refractivity contribution < 1.29 is 14.2 Å². The standard InChI is InChI=1S/C14H20FNO2/c1-16(8-11-3-2-4-18-10-11)14-6-12(9-17)5-13(15)7-14/h5-7,11,17H,2-4,8-10H2,1H3. The van der Waals surface area contributed by atoms with Crippen molar-refractivity contribution in [2.24, 2.45) is 5.92 Å². The van der Waals surface area contributed by atoms with Crippen LogP contribution in [0.4, 0.5) is 10.1 Å². The first-order valence-corrected chi connectivity index (χ1v) is 6.38.